The molecular weight excluding hydrogens is 295 g/mol. The highest BCUT2D eigenvalue weighted by molar-refractivity contribution is 5.95. The van der Waals surface area contributed by atoms with Gasteiger partial charge >= 0.3 is 0 Å². The minimum absolute atomic E-state index is 0.125. The predicted octanol–water partition coefficient (Wildman–Crippen LogP) is 3.07. The fourth-order valence-electron chi connectivity index (χ4n) is 2.29. The molecular formula is C18H19FN2O2. The summed E-state index contributed by atoms with van der Waals surface area (Å²) < 4.78 is 12.8. The molecule has 0 fully saturated rings. The summed E-state index contributed by atoms with van der Waals surface area (Å²) in [5.74, 6) is -1.19. The summed E-state index contributed by atoms with van der Waals surface area (Å²) >= 11 is 0. The van der Waals surface area contributed by atoms with Crippen molar-refractivity contribution in [2.75, 3.05) is 11.9 Å². The number of amides is 2. The van der Waals surface area contributed by atoms with E-state index in [2.05, 4.69) is 10.6 Å². The molecule has 120 valence electrons. The third-order valence-corrected chi connectivity index (χ3v) is 3.48. The van der Waals surface area contributed by atoms with Gasteiger partial charge in [-0.3, -0.25) is 9.59 Å². The molecule has 2 amide bonds. The topological polar surface area (TPSA) is 58.2 Å². The highest BCUT2D eigenvalue weighted by Gasteiger charge is 2.18. The first-order chi connectivity index (χ1) is 11.1. The van der Waals surface area contributed by atoms with Crippen LogP contribution in [0.5, 0.6) is 0 Å². The molecule has 0 saturated heterocycles. The molecule has 0 heterocycles. The molecule has 0 radical (unpaired) electrons. The van der Waals surface area contributed by atoms with Gasteiger partial charge in [-0.05, 0) is 36.2 Å². The van der Waals surface area contributed by atoms with Gasteiger partial charge in [-0.25, -0.2) is 4.39 Å². The second kappa shape index (κ2) is 8.08. The van der Waals surface area contributed by atoms with Crippen LogP contribution >= 0.6 is 0 Å². The first kappa shape index (κ1) is 16.7. The van der Waals surface area contributed by atoms with Crippen molar-refractivity contribution >= 4 is 17.5 Å². The molecule has 0 aliphatic heterocycles. The third kappa shape index (κ3) is 4.92. The number of halogens is 1. The average molecular weight is 314 g/mol. The van der Waals surface area contributed by atoms with Crippen molar-refractivity contribution in [3.63, 3.8) is 0 Å². The number of benzene rings is 2. The van der Waals surface area contributed by atoms with Crippen LogP contribution in [-0.4, -0.2) is 18.4 Å². The summed E-state index contributed by atoms with van der Waals surface area (Å²) in [5.41, 5.74) is 1.41. The maximum atomic E-state index is 12.8. The SMILES string of the molecule is CCC(C(=O)NCC(=O)Nc1ccc(F)cc1)c1ccccc1. The number of carbonyl (C=O) groups excluding carboxylic acids is 2. The Morgan fingerprint density at radius 3 is 2.30 bits per heavy atom. The minimum Gasteiger partial charge on any atom is -0.346 e. The molecule has 4 nitrogen and oxygen atoms in total. The molecule has 23 heavy (non-hydrogen) atoms. The molecule has 5 heteroatoms. The van der Waals surface area contributed by atoms with E-state index < -0.39 is 0 Å². The van der Waals surface area contributed by atoms with Crippen molar-refractivity contribution in [1.29, 1.82) is 0 Å². The Bertz CT molecular complexity index is 656. The van der Waals surface area contributed by atoms with E-state index in [1.807, 2.05) is 37.3 Å². The number of hydrogen-bond acceptors (Lipinski definition) is 2. The van der Waals surface area contributed by atoms with Gasteiger partial charge in [0.15, 0.2) is 0 Å². The number of hydrogen-bond donors (Lipinski definition) is 2. The van der Waals surface area contributed by atoms with Crippen molar-refractivity contribution in [1.82, 2.24) is 5.32 Å². The monoisotopic (exact) mass is 314 g/mol. The molecule has 0 saturated carbocycles. The van der Waals surface area contributed by atoms with E-state index in [1.54, 1.807) is 0 Å². The summed E-state index contributed by atoms with van der Waals surface area (Å²) in [4.78, 5) is 24.1. The van der Waals surface area contributed by atoms with Gasteiger partial charge in [0.1, 0.15) is 5.82 Å². The Labute approximate surface area is 134 Å². The van der Waals surface area contributed by atoms with Crippen LogP contribution in [0.3, 0.4) is 0 Å². The Hall–Kier alpha value is -2.69. The van der Waals surface area contributed by atoms with Crippen LogP contribution < -0.4 is 10.6 Å². The number of nitrogens with one attached hydrogen (secondary N) is 2. The van der Waals surface area contributed by atoms with E-state index >= 15 is 0 Å². The Kier molecular flexibility index (Phi) is 5.86. The average Bonchev–Trinajstić information content (AvgIpc) is 2.57. The van der Waals surface area contributed by atoms with Crippen molar-refractivity contribution in [3.8, 4) is 0 Å². The number of anilines is 1. The fraction of sp³-hybridized carbons (Fsp3) is 0.222. The first-order valence-electron chi connectivity index (χ1n) is 7.48. The molecule has 2 aromatic carbocycles. The van der Waals surface area contributed by atoms with Gasteiger partial charge in [0.05, 0.1) is 12.5 Å². The Morgan fingerprint density at radius 1 is 1.04 bits per heavy atom. The van der Waals surface area contributed by atoms with Crippen LogP contribution in [0.1, 0.15) is 24.8 Å². The van der Waals surface area contributed by atoms with Gasteiger partial charge in [0.25, 0.3) is 0 Å². The van der Waals surface area contributed by atoms with Gasteiger partial charge in [0, 0.05) is 5.69 Å². The molecule has 2 rings (SSSR count). The summed E-state index contributed by atoms with van der Waals surface area (Å²) in [6, 6.07) is 14.9. The van der Waals surface area contributed by atoms with Crippen LogP contribution in [0.25, 0.3) is 0 Å². The van der Waals surface area contributed by atoms with Gasteiger partial charge in [-0.1, -0.05) is 37.3 Å². The highest BCUT2D eigenvalue weighted by Crippen LogP contribution is 2.19. The van der Waals surface area contributed by atoms with E-state index in [-0.39, 0.29) is 30.1 Å². The maximum Gasteiger partial charge on any atom is 0.243 e. The van der Waals surface area contributed by atoms with Crippen LogP contribution in [0.4, 0.5) is 10.1 Å². The molecule has 0 aliphatic rings. The van der Waals surface area contributed by atoms with Gasteiger partial charge in [-0.15, -0.1) is 0 Å². The number of rotatable bonds is 6. The standard InChI is InChI=1S/C18H19FN2O2/c1-2-16(13-6-4-3-5-7-13)18(23)20-12-17(22)21-15-10-8-14(19)9-11-15/h3-11,16H,2,12H2,1H3,(H,20,23)(H,21,22). The molecule has 0 bridgehead atoms. The molecule has 1 atom stereocenters. The van der Waals surface area contributed by atoms with Gasteiger partial charge < -0.3 is 10.6 Å². The molecule has 0 aromatic heterocycles. The Balaban J connectivity index is 1.87. The van der Waals surface area contributed by atoms with Crippen molar-refractivity contribution in [2.24, 2.45) is 0 Å². The highest BCUT2D eigenvalue weighted by atomic mass is 19.1. The van der Waals surface area contributed by atoms with Crippen molar-refractivity contribution in [3.05, 3.63) is 66.0 Å². The van der Waals surface area contributed by atoms with E-state index in [0.29, 0.717) is 12.1 Å². The third-order valence-electron chi connectivity index (χ3n) is 3.48. The lowest BCUT2D eigenvalue weighted by Gasteiger charge is -2.15. The maximum absolute atomic E-state index is 12.8. The second-order valence-corrected chi connectivity index (χ2v) is 5.14. The first-order valence-corrected chi connectivity index (χ1v) is 7.48. The van der Waals surface area contributed by atoms with Crippen LogP contribution in [0, 0.1) is 5.82 Å². The smallest absolute Gasteiger partial charge is 0.243 e. The van der Waals surface area contributed by atoms with Crippen molar-refractivity contribution in [2.45, 2.75) is 19.3 Å². The van der Waals surface area contributed by atoms with Gasteiger partial charge in [0.2, 0.25) is 11.8 Å². The molecule has 0 spiro atoms. The van der Waals surface area contributed by atoms with Crippen LogP contribution in [0.2, 0.25) is 0 Å². The van der Waals surface area contributed by atoms with E-state index in [4.69, 9.17) is 0 Å². The number of carbonyl (C=O) groups is 2. The zero-order valence-corrected chi connectivity index (χ0v) is 12.9. The largest absolute Gasteiger partial charge is 0.346 e. The van der Waals surface area contributed by atoms with Gasteiger partial charge in [-0.2, -0.15) is 0 Å². The minimum atomic E-state index is -0.370. The quantitative estimate of drug-likeness (QED) is 0.861. The zero-order valence-electron chi connectivity index (χ0n) is 12.9. The lowest BCUT2D eigenvalue weighted by Crippen LogP contribution is -2.35. The summed E-state index contributed by atoms with van der Waals surface area (Å²) in [6.45, 7) is 1.80. The second-order valence-electron chi connectivity index (χ2n) is 5.14. The molecule has 0 aliphatic carbocycles. The Morgan fingerprint density at radius 2 is 1.70 bits per heavy atom. The normalized spacial score (nSPS) is 11.6. The van der Waals surface area contributed by atoms with E-state index in [0.717, 1.165) is 5.56 Å². The van der Waals surface area contributed by atoms with E-state index in [1.165, 1.54) is 24.3 Å². The zero-order chi connectivity index (χ0) is 16.7. The molecule has 1 unspecified atom stereocenters. The van der Waals surface area contributed by atoms with E-state index in [9.17, 15) is 14.0 Å². The fourth-order valence-corrected chi connectivity index (χ4v) is 2.29. The molecule has 2 N–H and O–H groups in total. The summed E-state index contributed by atoms with van der Waals surface area (Å²) in [6.07, 6.45) is 0.648. The van der Waals surface area contributed by atoms with Crippen molar-refractivity contribution < 1.29 is 14.0 Å². The molecule has 2 aromatic rings. The summed E-state index contributed by atoms with van der Waals surface area (Å²) in [7, 11) is 0. The summed E-state index contributed by atoms with van der Waals surface area (Å²) in [5, 5.41) is 5.24. The lowest BCUT2D eigenvalue weighted by molar-refractivity contribution is -0.125. The van der Waals surface area contributed by atoms with Crippen LogP contribution in [-0.2, 0) is 9.59 Å². The predicted molar refractivity (Wildman–Crippen MR) is 87.5 cm³/mol. The van der Waals surface area contributed by atoms with Crippen LogP contribution in [0.15, 0.2) is 54.6 Å². The lowest BCUT2D eigenvalue weighted by atomic mass is 9.96.